The van der Waals surface area contributed by atoms with Crippen LogP contribution in [0.5, 0.6) is 11.6 Å². The molecule has 3 aromatic heterocycles. The largest absolute Gasteiger partial charge is 0.497 e. The van der Waals surface area contributed by atoms with E-state index >= 15 is 0 Å². The van der Waals surface area contributed by atoms with Gasteiger partial charge in [-0.1, -0.05) is 12.1 Å². The zero-order chi connectivity index (χ0) is 24.2. The van der Waals surface area contributed by atoms with Gasteiger partial charge < -0.3 is 14.8 Å². The van der Waals surface area contributed by atoms with E-state index < -0.39 is 0 Å². The van der Waals surface area contributed by atoms with Gasteiger partial charge in [-0.05, 0) is 48.5 Å². The van der Waals surface area contributed by atoms with Crippen LogP contribution in [0.15, 0.2) is 66.7 Å². The Morgan fingerprint density at radius 2 is 1.91 bits per heavy atom. The number of aromatic amines is 1. The molecule has 1 amide bonds. The minimum absolute atomic E-state index is 0.190. The maximum atomic E-state index is 13.2. The van der Waals surface area contributed by atoms with E-state index in [0.29, 0.717) is 40.1 Å². The number of halogens is 1. The van der Waals surface area contributed by atoms with Gasteiger partial charge >= 0.3 is 0 Å². The van der Waals surface area contributed by atoms with Crippen LogP contribution in [0, 0.1) is 5.82 Å². The normalized spacial score (nSPS) is 10.9. The van der Waals surface area contributed by atoms with Gasteiger partial charge in [0.25, 0.3) is 5.91 Å². The Bertz CT molecular complexity index is 1480. The number of rotatable bonds is 8. The van der Waals surface area contributed by atoms with Gasteiger partial charge in [0.1, 0.15) is 23.9 Å². The smallest absolute Gasteiger partial charge is 0.269 e. The SMILES string of the molecule is COc1cccc(-c2cc(C(=O)NCCOc3ccc4nnc(-c5ccc(F)cc5)n4n3)[nH]n2)c1. The van der Waals surface area contributed by atoms with Crippen LogP contribution in [0.3, 0.4) is 0 Å². The van der Waals surface area contributed by atoms with Gasteiger partial charge in [0.2, 0.25) is 5.88 Å². The first kappa shape index (κ1) is 22.0. The highest BCUT2D eigenvalue weighted by Crippen LogP contribution is 2.23. The Balaban J connectivity index is 1.19. The molecule has 0 saturated carbocycles. The Hall–Kier alpha value is -4.80. The standard InChI is InChI=1S/C24H20FN7O3/c1-34-18-4-2-3-16(13-18)19-14-20(28-27-19)24(33)26-11-12-35-22-10-9-21-29-30-23(32(21)31-22)15-5-7-17(25)8-6-15/h2-10,13-14H,11-12H2,1H3,(H,26,33)(H,27,28). The fourth-order valence-corrected chi connectivity index (χ4v) is 3.41. The van der Waals surface area contributed by atoms with Crippen LogP contribution in [-0.4, -0.2) is 56.2 Å². The molecule has 0 unspecified atom stereocenters. The molecule has 11 heteroatoms. The van der Waals surface area contributed by atoms with E-state index in [2.05, 4.69) is 30.8 Å². The fourth-order valence-electron chi connectivity index (χ4n) is 3.41. The number of hydrogen-bond donors (Lipinski definition) is 2. The molecule has 0 spiro atoms. The number of aromatic nitrogens is 6. The third kappa shape index (κ3) is 4.78. The number of ether oxygens (including phenoxy) is 2. The maximum Gasteiger partial charge on any atom is 0.269 e. The van der Waals surface area contributed by atoms with E-state index in [1.54, 1.807) is 37.4 Å². The number of nitrogens with zero attached hydrogens (tertiary/aromatic N) is 5. The first-order valence-corrected chi connectivity index (χ1v) is 10.7. The quantitative estimate of drug-likeness (QED) is 0.332. The number of amides is 1. The topological polar surface area (TPSA) is 119 Å². The van der Waals surface area contributed by atoms with Crippen LogP contribution >= 0.6 is 0 Å². The number of carbonyl (C=O) groups excluding carboxylic acids is 1. The van der Waals surface area contributed by atoms with Crippen molar-refractivity contribution in [1.82, 2.24) is 35.3 Å². The summed E-state index contributed by atoms with van der Waals surface area (Å²) in [7, 11) is 1.59. The second kappa shape index (κ2) is 9.59. The first-order valence-electron chi connectivity index (χ1n) is 10.7. The Kier molecular flexibility index (Phi) is 6.03. The van der Waals surface area contributed by atoms with E-state index in [-0.39, 0.29) is 24.9 Å². The Labute approximate surface area is 198 Å². The molecule has 10 nitrogen and oxygen atoms in total. The molecule has 35 heavy (non-hydrogen) atoms. The third-order valence-corrected chi connectivity index (χ3v) is 5.17. The van der Waals surface area contributed by atoms with Crippen molar-refractivity contribution >= 4 is 11.6 Å². The van der Waals surface area contributed by atoms with Crippen LogP contribution in [0.25, 0.3) is 28.3 Å². The molecule has 0 bridgehead atoms. The van der Waals surface area contributed by atoms with Crippen LogP contribution in [0.4, 0.5) is 4.39 Å². The summed E-state index contributed by atoms with van der Waals surface area (Å²) in [5.41, 5.74) is 2.99. The molecule has 176 valence electrons. The number of nitrogens with one attached hydrogen (secondary N) is 2. The van der Waals surface area contributed by atoms with Crippen LogP contribution in [-0.2, 0) is 0 Å². The number of benzene rings is 2. The molecule has 5 aromatic rings. The summed E-state index contributed by atoms with van der Waals surface area (Å²) in [6.45, 7) is 0.439. The van der Waals surface area contributed by atoms with Crippen molar-refractivity contribution in [2.24, 2.45) is 0 Å². The van der Waals surface area contributed by atoms with E-state index in [4.69, 9.17) is 9.47 Å². The molecule has 5 rings (SSSR count). The number of hydrogen-bond acceptors (Lipinski definition) is 7. The molecule has 0 atom stereocenters. The summed E-state index contributed by atoms with van der Waals surface area (Å²) in [4.78, 5) is 12.5. The summed E-state index contributed by atoms with van der Waals surface area (Å²) in [6, 6.07) is 18.4. The maximum absolute atomic E-state index is 13.2. The number of fused-ring (bicyclic) bond motifs is 1. The molecule has 0 aliphatic carbocycles. The van der Waals surface area contributed by atoms with E-state index in [9.17, 15) is 9.18 Å². The van der Waals surface area contributed by atoms with Gasteiger partial charge in [-0.25, -0.2) is 4.39 Å². The molecular weight excluding hydrogens is 453 g/mol. The molecule has 2 N–H and O–H groups in total. The average Bonchev–Trinajstić information content (AvgIpc) is 3.55. The van der Waals surface area contributed by atoms with Gasteiger partial charge in [0.15, 0.2) is 11.5 Å². The van der Waals surface area contributed by atoms with E-state index in [1.807, 2.05) is 24.3 Å². The highest BCUT2D eigenvalue weighted by Gasteiger charge is 2.13. The van der Waals surface area contributed by atoms with Gasteiger partial charge in [0, 0.05) is 17.2 Å². The van der Waals surface area contributed by atoms with Crippen LogP contribution in [0.2, 0.25) is 0 Å². The Morgan fingerprint density at radius 3 is 2.74 bits per heavy atom. The monoisotopic (exact) mass is 473 g/mol. The molecule has 2 aromatic carbocycles. The van der Waals surface area contributed by atoms with Crippen molar-refractivity contribution in [3.05, 3.63) is 78.2 Å². The second-order valence-corrected chi connectivity index (χ2v) is 7.48. The minimum atomic E-state index is -0.340. The van der Waals surface area contributed by atoms with Crippen molar-refractivity contribution in [3.63, 3.8) is 0 Å². The van der Waals surface area contributed by atoms with Gasteiger partial charge in [-0.2, -0.15) is 9.61 Å². The lowest BCUT2D eigenvalue weighted by Gasteiger charge is -2.07. The van der Waals surface area contributed by atoms with Crippen molar-refractivity contribution in [2.45, 2.75) is 0 Å². The van der Waals surface area contributed by atoms with Crippen molar-refractivity contribution in [2.75, 3.05) is 20.3 Å². The third-order valence-electron chi connectivity index (χ3n) is 5.17. The predicted octanol–water partition coefficient (Wildman–Crippen LogP) is 3.14. The average molecular weight is 473 g/mol. The van der Waals surface area contributed by atoms with Crippen LogP contribution in [0.1, 0.15) is 10.5 Å². The molecule has 0 saturated heterocycles. The lowest BCUT2D eigenvalue weighted by molar-refractivity contribution is 0.0941. The van der Waals surface area contributed by atoms with Crippen molar-refractivity contribution < 1.29 is 18.7 Å². The summed E-state index contributed by atoms with van der Waals surface area (Å²) >= 11 is 0. The number of methoxy groups -OCH3 is 1. The highest BCUT2D eigenvalue weighted by molar-refractivity contribution is 5.93. The molecule has 3 heterocycles. The summed E-state index contributed by atoms with van der Waals surface area (Å²) in [5.74, 6) is 0.850. The van der Waals surface area contributed by atoms with E-state index in [0.717, 1.165) is 5.56 Å². The summed E-state index contributed by atoms with van der Waals surface area (Å²) in [6.07, 6.45) is 0. The molecule has 0 aliphatic heterocycles. The van der Waals surface area contributed by atoms with Gasteiger partial charge in [-0.15, -0.1) is 15.3 Å². The van der Waals surface area contributed by atoms with Gasteiger partial charge in [0.05, 0.1) is 19.3 Å². The van der Waals surface area contributed by atoms with E-state index in [1.165, 1.54) is 16.6 Å². The second-order valence-electron chi connectivity index (χ2n) is 7.48. The molecular formula is C24H20FN7O3. The highest BCUT2D eigenvalue weighted by atomic mass is 19.1. The van der Waals surface area contributed by atoms with Crippen LogP contribution < -0.4 is 14.8 Å². The predicted molar refractivity (Wildman–Crippen MR) is 125 cm³/mol. The molecule has 0 fully saturated rings. The summed E-state index contributed by atoms with van der Waals surface area (Å²) < 4.78 is 25.7. The summed E-state index contributed by atoms with van der Waals surface area (Å²) in [5, 5.41) is 22.3. The van der Waals surface area contributed by atoms with Gasteiger partial charge in [-0.3, -0.25) is 9.89 Å². The Morgan fingerprint density at radius 1 is 1.06 bits per heavy atom. The minimum Gasteiger partial charge on any atom is -0.497 e. The zero-order valence-electron chi connectivity index (χ0n) is 18.6. The van der Waals surface area contributed by atoms with Crippen molar-refractivity contribution in [1.29, 1.82) is 0 Å². The van der Waals surface area contributed by atoms with Crippen molar-refractivity contribution in [3.8, 4) is 34.3 Å². The number of carbonyl (C=O) groups is 1. The fraction of sp³-hybridized carbons (Fsp3) is 0.125. The number of H-pyrrole nitrogens is 1. The first-order chi connectivity index (χ1) is 17.1. The lowest BCUT2D eigenvalue weighted by atomic mass is 10.1. The zero-order valence-corrected chi connectivity index (χ0v) is 18.6. The molecule has 0 aliphatic rings. The molecule has 0 radical (unpaired) electrons. The lowest BCUT2D eigenvalue weighted by Crippen LogP contribution is -2.28.